The van der Waals surface area contributed by atoms with E-state index < -0.39 is 0 Å². The van der Waals surface area contributed by atoms with E-state index in [1.165, 1.54) is 0 Å². The summed E-state index contributed by atoms with van der Waals surface area (Å²) in [4.78, 5) is 19.5. The number of hydrogen-bond donors (Lipinski definition) is 1. The van der Waals surface area contributed by atoms with Crippen molar-refractivity contribution in [2.24, 2.45) is 11.8 Å². The number of nitrogens with zero attached hydrogens (tertiary/aromatic N) is 2. The second-order valence-corrected chi connectivity index (χ2v) is 8.99. The fourth-order valence-corrected chi connectivity index (χ4v) is 4.93. The van der Waals surface area contributed by atoms with Crippen molar-refractivity contribution in [2.75, 3.05) is 18.0 Å². The highest BCUT2D eigenvalue weighted by molar-refractivity contribution is 9.10. The van der Waals surface area contributed by atoms with Gasteiger partial charge < -0.3 is 10.2 Å². The van der Waals surface area contributed by atoms with E-state index >= 15 is 0 Å². The van der Waals surface area contributed by atoms with Gasteiger partial charge in [0.1, 0.15) is 5.82 Å². The Balaban J connectivity index is 1.41. The van der Waals surface area contributed by atoms with E-state index in [0.29, 0.717) is 22.4 Å². The molecule has 0 spiro atoms. The number of halogens is 2. The average Bonchev–Trinajstić information content (AvgIpc) is 3.10. The maximum atomic E-state index is 12.6. The first kappa shape index (κ1) is 17.8. The molecule has 1 saturated carbocycles. The first-order chi connectivity index (χ1) is 12.4. The van der Waals surface area contributed by atoms with Crippen LogP contribution in [0.5, 0.6) is 0 Å². The van der Waals surface area contributed by atoms with Crippen molar-refractivity contribution in [3.63, 3.8) is 0 Å². The predicted molar refractivity (Wildman–Crippen MR) is 108 cm³/mol. The number of aromatic nitrogens is 1. The zero-order valence-electron chi connectivity index (χ0n) is 14.6. The molecule has 1 saturated heterocycles. The Hall–Kier alpha value is -1.59. The summed E-state index contributed by atoms with van der Waals surface area (Å²) < 4.78 is 0.996. The second-order valence-electron chi connectivity index (χ2n) is 7.66. The molecule has 1 N–H and O–H groups in total. The van der Waals surface area contributed by atoms with E-state index in [1.807, 2.05) is 24.4 Å². The third-order valence-corrected chi connectivity index (χ3v) is 6.37. The molecule has 2 fully saturated rings. The second kappa shape index (κ2) is 6.86. The van der Waals surface area contributed by atoms with Crippen LogP contribution in [0.2, 0.25) is 5.02 Å². The van der Waals surface area contributed by atoms with Gasteiger partial charge in [-0.3, -0.25) is 4.79 Å². The summed E-state index contributed by atoms with van der Waals surface area (Å²) in [5.74, 6) is 2.11. The van der Waals surface area contributed by atoms with Crippen molar-refractivity contribution < 1.29 is 4.79 Å². The normalized spacial score (nSPS) is 27.4. The van der Waals surface area contributed by atoms with Gasteiger partial charge in [-0.2, -0.15) is 0 Å². The van der Waals surface area contributed by atoms with Crippen LogP contribution in [0.3, 0.4) is 0 Å². The molecule has 0 radical (unpaired) electrons. The van der Waals surface area contributed by atoms with E-state index in [0.717, 1.165) is 36.2 Å². The monoisotopic (exact) mass is 433 g/mol. The minimum absolute atomic E-state index is 0.0792. The molecule has 4 rings (SSSR count). The van der Waals surface area contributed by atoms with Crippen molar-refractivity contribution >= 4 is 39.3 Å². The van der Waals surface area contributed by atoms with Gasteiger partial charge in [-0.1, -0.05) is 23.7 Å². The molecule has 2 aromatic rings. The van der Waals surface area contributed by atoms with E-state index in [9.17, 15) is 4.79 Å². The largest absolute Gasteiger partial charge is 0.356 e. The zero-order valence-corrected chi connectivity index (χ0v) is 16.9. The number of amides is 1. The van der Waals surface area contributed by atoms with Crippen molar-refractivity contribution in [3.05, 3.63) is 57.7 Å². The molecule has 6 heteroatoms. The minimum atomic E-state index is -0.176. The Kier molecular flexibility index (Phi) is 4.70. The summed E-state index contributed by atoms with van der Waals surface area (Å²) in [5.41, 5.74) is 0.373. The van der Waals surface area contributed by atoms with Gasteiger partial charge in [0.05, 0.1) is 10.6 Å². The summed E-state index contributed by atoms with van der Waals surface area (Å²) in [7, 11) is 0. The number of carbonyl (C=O) groups is 1. The molecule has 1 aliphatic heterocycles. The van der Waals surface area contributed by atoms with Gasteiger partial charge in [-0.25, -0.2) is 4.98 Å². The van der Waals surface area contributed by atoms with Gasteiger partial charge >= 0.3 is 0 Å². The maximum Gasteiger partial charge on any atom is 0.253 e. The Morgan fingerprint density at radius 2 is 1.92 bits per heavy atom. The highest BCUT2D eigenvalue weighted by Crippen LogP contribution is 2.44. The lowest BCUT2D eigenvalue weighted by Gasteiger charge is -2.29. The van der Waals surface area contributed by atoms with Gasteiger partial charge in [0.15, 0.2) is 0 Å². The summed E-state index contributed by atoms with van der Waals surface area (Å²) in [6.07, 6.45) is 3.82. The zero-order chi connectivity index (χ0) is 18.3. The van der Waals surface area contributed by atoms with Gasteiger partial charge in [0, 0.05) is 29.3 Å². The van der Waals surface area contributed by atoms with Crippen LogP contribution in [-0.4, -0.2) is 29.5 Å². The number of fused-ring (bicyclic) bond motifs is 1. The SMILES string of the molecule is CC1(NC(=O)c2ccccc2Cl)CC2CN(c3ccc(Br)cn3)CC2C1. The molecule has 1 aromatic heterocycles. The number of nitrogens with one attached hydrogen (secondary N) is 1. The van der Waals surface area contributed by atoms with Crippen molar-refractivity contribution in [2.45, 2.75) is 25.3 Å². The molecule has 1 amide bonds. The summed E-state index contributed by atoms with van der Waals surface area (Å²) in [5, 5.41) is 3.74. The molecule has 2 heterocycles. The standard InChI is InChI=1S/C20H21BrClN3O/c1-20(24-19(26)16-4-2-3-5-17(16)22)8-13-11-25(12-14(13)9-20)18-7-6-15(21)10-23-18/h2-7,10,13-14H,8-9,11-12H2,1H3,(H,24,26). The van der Waals surface area contributed by atoms with Crippen LogP contribution in [0.15, 0.2) is 47.1 Å². The first-order valence-corrected chi connectivity index (χ1v) is 10.0. The Morgan fingerprint density at radius 3 is 2.54 bits per heavy atom. The topological polar surface area (TPSA) is 45.2 Å². The van der Waals surface area contributed by atoms with E-state index in [4.69, 9.17) is 11.6 Å². The average molecular weight is 435 g/mol. The number of anilines is 1. The van der Waals surface area contributed by atoms with Crippen LogP contribution in [-0.2, 0) is 0 Å². The fourth-order valence-electron chi connectivity index (χ4n) is 4.47. The third kappa shape index (κ3) is 3.47. The Bertz CT molecular complexity index is 812. The molecule has 0 bridgehead atoms. The maximum absolute atomic E-state index is 12.6. The van der Waals surface area contributed by atoms with Crippen molar-refractivity contribution in [1.82, 2.24) is 10.3 Å². The number of pyridine rings is 1. The lowest BCUT2D eigenvalue weighted by Crippen LogP contribution is -2.45. The third-order valence-electron chi connectivity index (χ3n) is 5.57. The van der Waals surface area contributed by atoms with Gasteiger partial charge in [-0.15, -0.1) is 0 Å². The van der Waals surface area contributed by atoms with Gasteiger partial charge in [0.25, 0.3) is 5.91 Å². The Morgan fingerprint density at radius 1 is 1.23 bits per heavy atom. The number of benzene rings is 1. The molecule has 26 heavy (non-hydrogen) atoms. The molecule has 2 unspecified atom stereocenters. The molecule has 2 aliphatic rings. The minimum Gasteiger partial charge on any atom is -0.356 e. The molecule has 136 valence electrons. The quantitative estimate of drug-likeness (QED) is 0.772. The lowest BCUT2D eigenvalue weighted by molar-refractivity contribution is 0.0905. The smallest absolute Gasteiger partial charge is 0.253 e. The number of hydrogen-bond acceptors (Lipinski definition) is 3. The number of rotatable bonds is 3. The molecular weight excluding hydrogens is 414 g/mol. The Labute approximate surface area is 167 Å². The van der Waals surface area contributed by atoms with Crippen molar-refractivity contribution in [3.8, 4) is 0 Å². The van der Waals surface area contributed by atoms with Crippen LogP contribution in [0.25, 0.3) is 0 Å². The van der Waals surface area contributed by atoms with Crippen LogP contribution in [0.4, 0.5) is 5.82 Å². The van der Waals surface area contributed by atoms with Gasteiger partial charge in [0.2, 0.25) is 0 Å². The summed E-state index contributed by atoms with van der Waals surface area (Å²) in [6.45, 7) is 4.15. The molecule has 4 nitrogen and oxygen atoms in total. The van der Waals surface area contributed by atoms with Crippen LogP contribution in [0.1, 0.15) is 30.1 Å². The summed E-state index contributed by atoms with van der Waals surface area (Å²) in [6, 6.07) is 11.3. The van der Waals surface area contributed by atoms with Crippen LogP contribution in [0, 0.1) is 11.8 Å². The molecule has 2 atom stereocenters. The predicted octanol–water partition coefficient (Wildman–Crippen LogP) is 4.53. The molecule has 1 aromatic carbocycles. The van der Waals surface area contributed by atoms with E-state index in [-0.39, 0.29) is 11.4 Å². The highest BCUT2D eigenvalue weighted by atomic mass is 79.9. The van der Waals surface area contributed by atoms with E-state index in [2.05, 4.69) is 44.1 Å². The molecule has 1 aliphatic carbocycles. The fraction of sp³-hybridized carbons (Fsp3) is 0.400. The van der Waals surface area contributed by atoms with Crippen LogP contribution >= 0.6 is 27.5 Å². The number of carbonyl (C=O) groups excluding carboxylic acids is 1. The van der Waals surface area contributed by atoms with Crippen LogP contribution < -0.4 is 10.2 Å². The first-order valence-electron chi connectivity index (χ1n) is 8.87. The summed E-state index contributed by atoms with van der Waals surface area (Å²) >= 11 is 9.60. The van der Waals surface area contributed by atoms with Gasteiger partial charge in [-0.05, 0) is 71.8 Å². The highest BCUT2D eigenvalue weighted by Gasteiger charge is 2.47. The van der Waals surface area contributed by atoms with E-state index in [1.54, 1.807) is 12.1 Å². The lowest BCUT2D eigenvalue weighted by atomic mass is 9.97. The van der Waals surface area contributed by atoms with Crippen molar-refractivity contribution in [1.29, 1.82) is 0 Å². The molecular formula is C20H21BrClN3O.